The third kappa shape index (κ3) is 4.85. The molecule has 0 saturated carbocycles. The van der Waals surface area contributed by atoms with Crippen molar-refractivity contribution < 1.29 is 0 Å². The molecular formula is C18H24Cl3N7. The molecular weight excluding hydrogens is 421 g/mol. The number of hydrogen-bond donors (Lipinski definition) is 2. The number of benzene rings is 1. The van der Waals surface area contributed by atoms with Crippen LogP contribution in [0.1, 0.15) is 6.42 Å². The van der Waals surface area contributed by atoms with Crippen LogP contribution < -0.4 is 16.0 Å². The first-order chi connectivity index (χ1) is 12.7. The Morgan fingerprint density at radius 1 is 1.14 bits per heavy atom. The maximum atomic E-state index is 6.53. The highest BCUT2D eigenvalue weighted by Gasteiger charge is 2.16. The number of piperazine rings is 1. The number of nitrogens with one attached hydrogen (secondary N) is 1. The summed E-state index contributed by atoms with van der Waals surface area (Å²) in [6, 6.07) is 8.10. The maximum Gasteiger partial charge on any atom is 0.148 e. The van der Waals surface area contributed by atoms with Gasteiger partial charge in [0.1, 0.15) is 11.5 Å². The fourth-order valence-electron chi connectivity index (χ4n) is 3.19. The van der Waals surface area contributed by atoms with E-state index in [-0.39, 0.29) is 24.8 Å². The van der Waals surface area contributed by atoms with E-state index in [0.717, 1.165) is 67.1 Å². The molecule has 0 unspecified atom stereocenters. The smallest absolute Gasteiger partial charge is 0.148 e. The van der Waals surface area contributed by atoms with Gasteiger partial charge >= 0.3 is 0 Å². The largest absolute Gasteiger partial charge is 0.353 e. The van der Waals surface area contributed by atoms with Crippen LogP contribution in [0, 0.1) is 0 Å². The van der Waals surface area contributed by atoms with E-state index in [1.54, 1.807) is 0 Å². The van der Waals surface area contributed by atoms with E-state index < -0.39 is 0 Å². The summed E-state index contributed by atoms with van der Waals surface area (Å²) in [5.41, 5.74) is 8.32. The number of fused-ring (bicyclic) bond motifs is 1. The maximum absolute atomic E-state index is 6.53. The second-order valence-corrected chi connectivity index (χ2v) is 6.85. The number of hydrogen-bond acceptors (Lipinski definition) is 6. The highest BCUT2D eigenvalue weighted by atomic mass is 35.5. The Morgan fingerprint density at radius 2 is 1.93 bits per heavy atom. The lowest BCUT2D eigenvalue weighted by molar-refractivity contribution is 0.564. The summed E-state index contributed by atoms with van der Waals surface area (Å²) in [4.78, 5) is 7.02. The summed E-state index contributed by atoms with van der Waals surface area (Å²) in [5.74, 6) is 0.862. The molecule has 1 aliphatic heterocycles. The van der Waals surface area contributed by atoms with E-state index >= 15 is 0 Å². The normalized spacial score (nSPS) is 13.9. The summed E-state index contributed by atoms with van der Waals surface area (Å²) < 4.78 is 1.82. The van der Waals surface area contributed by atoms with Crippen LogP contribution in [0.4, 0.5) is 5.82 Å². The number of anilines is 1. The second kappa shape index (κ2) is 10.2. The van der Waals surface area contributed by atoms with Gasteiger partial charge in [-0.15, -0.1) is 29.9 Å². The zero-order chi connectivity index (χ0) is 17.9. The Kier molecular flexibility index (Phi) is 8.27. The first-order valence-electron chi connectivity index (χ1n) is 8.91. The third-order valence-corrected chi connectivity index (χ3v) is 4.87. The summed E-state index contributed by atoms with van der Waals surface area (Å²) in [5, 5.41) is 13.5. The molecule has 10 heteroatoms. The van der Waals surface area contributed by atoms with Crippen molar-refractivity contribution in [2.45, 2.75) is 13.0 Å². The molecule has 0 spiro atoms. The average molecular weight is 445 g/mol. The molecule has 1 saturated heterocycles. The molecule has 4 rings (SSSR count). The number of aromatic nitrogens is 4. The van der Waals surface area contributed by atoms with Crippen LogP contribution in [-0.4, -0.2) is 52.7 Å². The van der Waals surface area contributed by atoms with Crippen LogP contribution in [0.5, 0.6) is 0 Å². The SMILES string of the molecule is Cl.Cl.NCCCn1cc(-c2ccc3nc(N4CCNCC4)c(Cl)cc3c2)nn1. The molecule has 3 aromatic rings. The van der Waals surface area contributed by atoms with Gasteiger partial charge in [0.15, 0.2) is 0 Å². The van der Waals surface area contributed by atoms with Crippen molar-refractivity contribution in [3.63, 3.8) is 0 Å². The molecule has 1 aromatic carbocycles. The zero-order valence-electron chi connectivity index (χ0n) is 15.3. The average Bonchev–Trinajstić information content (AvgIpc) is 3.15. The predicted octanol–water partition coefficient (Wildman–Crippen LogP) is 2.75. The van der Waals surface area contributed by atoms with Crippen LogP contribution in [-0.2, 0) is 6.54 Å². The van der Waals surface area contributed by atoms with E-state index in [1.165, 1.54) is 0 Å². The van der Waals surface area contributed by atoms with E-state index in [2.05, 4.69) is 26.6 Å². The topological polar surface area (TPSA) is 84.9 Å². The van der Waals surface area contributed by atoms with Crippen LogP contribution in [0.25, 0.3) is 22.2 Å². The number of nitrogens with two attached hydrogens (primary N) is 1. The van der Waals surface area contributed by atoms with Crippen molar-refractivity contribution in [2.75, 3.05) is 37.6 Å². The van der Waals surface area contributed by atoms with E-state index in [9.17, 15) is 0 Å². The molecule has 0 bridgehead atoms. The van der Waals surface area contributed by atoms with Gasteiger partial charge in [-0.1, -0.05) is 22.9 Å². The first-order valence-corrected chi connectivity index (χ1v) is 9.29. The lowest BCUT2D eigenvalue weighted by atomic mass is 10.1. The van der Waals surface area contributed by atoms with Crippen molar-refractivity contribution in [2.24, 2.45) is 5.73 Å². The first kappa shape index (κ1) is 22.6. The molecule has 28 heavy (non-hydrogen) atoms. The number of aryl methyl sites for hydroxylation is 1. The van der Waals surface area contributed by atoms with Crippen LogP contribution in [0.2, 0.25) is 5.02 Å². The molecule has 1 aliphatic rings. The van der Waals surface area contributed by atoms with Crippen LogP contribution in [0.3, 0.4) is 0 Å². The Labute approximate surface area is 181 Å². The number of rotatable bonds is 5. The van der Waals surface area contributed by atoms with Gasteiger partial charge in [-0.05, 0) is 31.2 Å². The molecule has 0 aliphatic carbocycles. The number of pyridine rings is 1. The molecule has 0 atom stereocenters. The molecule has 152 valence electrons. The highest BCUT2D eigenvalue weighted by molar-refractivity contribution is 6.33. The fourth-order valence-corrected chi connectivity index (χ4v) is 3.47. The van der Waals surface area contributed by atoms with Gasteiger partial charge in [0.05, 0.1) is 16.7 Å². The Morgan fingerprint density at radius 3 is 2.68 bits per heavy atom. The van der Waals surface area contributed by atoms with E-state index in [1.807, 2.05) is 29.1 Å². The lowest BCUT2D eigenvalue weighted by Gasteiger charge is -2.29. The standard InChI is InChI=1S/C18H22ClN7.2ClH/c19-15-11-14-10-13(17-12-26(24-23-17)7-1-4-20)2-3-16(14)22-18(15)25-8-5-21-6-9-25;;/h2-3,10-12,21H,1,4-9,20H2;2*1H. The fraction of sp³-hybridized carbons (Fsp3) is 0.389. The van der Waals surface area contributed by atoms with E-state index in [0.29, 0.717) is 11.6 Å². The number of nitrogens with zero attached hydrogens (tertiary/aromatic N) is 5. The molecule has 3 heterocycles. The quantitative estimate of drug-likeness (QED) is 0.629. The van der Waals surface area contributed by atoms with E-state index in [4.69, 9.17) is 22.3 Å². The molecule has 3 N–H and O–H groups in total. The highest BCUT2D eigenvalue weighted by Crippen LogP contribution is 2.30. The lowest BCUT2D eigenvalue weighted by Crippen LogP contribution is -2.44. The Hall–Kier alpha value is -1.64. The van der Waals surface area contributed by atoms with Gasteiger partial charge in [0.2, 0.25) is 0 Å². The Bertz CT molecular complexity index is 909. The molecule has 0 radical (unpaired) electrons. The second-order valence-electron chi connectivity index (χ2n) is 6.45. The third-order valence-electron chi connectivity index (χ3n) is 4.59. The minimum Gasteiger partial charge on any atom is -0.353 e. The summed E-state index contributed by atoms with van der Waals surface area (Å²) in [6.07, 6.45) is 2.83. The number of halogens is 3. The van der Waals surface area contributed by atoms with Gasteiger partial charge in [0.25, 0.3) is 0 Å². The van der Waals surface area contributed by atoms with Crippen molar-refractivity contribution in [1.29, 1.82) is 0 Å². The Balaban J connectivity index is 0.00000140. The van der Waals surface area contributed by atoms with Gasteiger partial charge in [0, 0.05) is 43.7 Å². The van der Waals surface area contributed by atoms with Crippen molar-refractivity contribution in [3.8, 4) is 11.3 Å². The monoisotopic (exact) mass is 443 g/mol. The van der Waals surface area contributed by atoms with Crippen molar-refractivity contribution in [1.82, 2.24) is 25.3 Å². The molecule has 7 nitrogen and oxygen atoms in total. The van der Waals surface area contributed by atoms with Crippen molar-refractivity contribution in [3.05, 3.63) is 35.5 Å². The molecule has 2 aromatic heterocycles. The van der Waals surface area contributed by atoms with Gasteiger partial charge in [-0.25, -0.2) is 4.98 Å². The van der Waals surface area contributed by atoms with Crippen LogP contribution >= 0.6 is 36.4 Å². The van der Waals surface area contributed by atoms with Gasteiger partial charge < -0.3 is 16.0 Å². The van der Waals surface area contributed by atoms with Crippen LogP contribution in [0.15, 0.2) is 30.5 Å². The van der Waals surface area contributed by atoms with Crippen molar-refractivity contribution >= 4 is 53.1 Å². The zero-order valence-corrected chi connectivity index (χ0v) is 17.7. The summed E-state index contributed by atoms with van der Waals surface area (Å²) in [6.45, 7) is 5.16. The van der Waals surface area contributed by atoms with Gasteiger partial charge in [-0.3, -0.25) is 4.68 Å². The van der Waals surface area contributed by atoms with Gasteiger partial charge in [-0.2, -0.15) is 0 Å². The predicted molar refractivity (Wildman–Crippen MR) is 119 cm³/mol. The summed E-state index contributed by atoms with van der Waals surface area (Å²) >= 11 is 6.53. The molecule has 0 amide bonds. The molecule has 1 fully saturated rings. The minimum absolute atomic E-state index is 0. The minimum atomic E-state index is 0. The summed E-state index contributed by atoms with van der Waals surface area (Å²) in [7, 11) is 0.